The number of aromatic amines is 1. The standard InChI is InChI=1S/C21H31N3O2/c1-15(2)18-13-19(23-22-18)16-8-10-24(11-9-16)14-17-6-7-21(26-17)20-5-3-4-12-25-20/h6-7,13,15-16,20H,3-5,8-12,14H2,1-2H3,(H,22,23)/t20-/m1/s1. The molecule has 0 bridgehead atoms. The van der Waals surface area contributed by atoms with Gasteiger partial charge in [0.2, 0.25) is 0 Å². The van der Waals surface area contributed by atoms with Crippen molar-refractivity contribution in [3.8, 4) is 0 Å². The number of hydrogen-bond acceptors (Lipinski definition) is 4. The summed E-state index contributed by atoms with van der Waals surface area (Å²) in [6.45, 7) is 8.37. The molecular weight excluding hydrogens is 326 g/mol. The summed E-state index contributed by atoms with van der Waals surface area (Å²) in [5.41, 5.74) is 2.48. The van der Waals surface area contributed by atoms with Crippen LogP contribution in [0.15, 0.2) is 22.6 Å². The molecule has 1 N–H and O–H groups in total. The molecule has 2 fully saturated rings. The maximum atomic E-state index is 6.08. The molecule has 0 saturated carbocycles. The number of furan rings is 1. The Kier molecular flexibility index (Phi) is 5.46. The van der Waals surface area contributed by atoms with E-state index in [0.29, 0.717) is 11.8 Å². The van der Waals surface area contributed by atoms with Crippen LogP contribution in [0.1, 0.15) is 86.8 Å². The molecule has 0 radical (unpaired) electrons. The molecule has 1 atom stereocenters. The molecule has 4 rings (SSSR count). The fourth-order valence-corrected chi connectivity index (χ4v) is 4.10. The van der Waals surface area contributed by atoms with E-state index >= 15 is 0 Å². The van der Waals surface area contributed by atoms with Crippen LogP contribution < -0.4 is 0 Å². The molecule has 2 aliphatic heterocycles. The summed E-state index contributed by atoms with van der Waals surface area (Å²) in [7, 11) is 0. The Morgan fingerprint density at radius 3 is 2.73 bits per heavy atom. The summed E-state index contributed by atoms with van der Waals surface area (Å²) in [5, 5.41) is 7.72. The van der Waals surface area contributed by atoms with Gasteiger partial charge in [-0.2, -0.15) is 5.10 Å². The molecular formula is C21H31N3O2. The quantitative estimate of drug-likeness (QED) is 0.839. The zero-order chi connectivity index (χ0) is 17.9. The van der Waals surface area contributed by atoms with E-state index in [1.165, 1.54) is 37.1 Å². The number of H-pyrrole nitrogens is 1. The first-order valence-corrected chi connectivity index (χ1v) is 10.2. The highest BCUT2D eigenvalue weighted by molar-refractivity contribution is 5.16. The molecule has 4 heterocycles. The van der Waals surface area contributed by atoms with E-state index in [2.05, 4.69) is 47.1 Å². The van der Waals surface area contributed by atoms with Gasteiger partial charge in [-0.15, -0.1) is 0 Å². The van der Waals surface area contributed by atoms with Crippen LogP contribution in [-0.2, 0) is 11.3 Å². The van der Waals surface area contributed by atoms with E-state index in [1.54, 1.807) is 0 Å². The molecule has 5 heteroatoms. The van der Waals surface area contributed by atoms with Crippen molar-refractivity contribution < 1.29 is 9.15 Å². The van der Waals surface area contributed by atoms with Gasteiger partial charge in [-0.25, -0.2) is 0 Å². The second kappa shape index (κ2) is 7.97. The summed E-state index contributed by atoms with van der Waals surface area (Å²) in [6.07, 6.45) is 6.02. The molecule has 5 nitrogen and oxygen atoms in total. The van der Waals surface area contributed by atoms with E-state index in [4.69, 9.17) is 9.15 Å². The minimum atomic E-state index is 0.166. The number of hydrogen-bond donors (Lipinski definition) is 1. The monoisotopic (exact) mass is 357 g/mol. The predicted molar refractivity (Wildman–Crippen MR) is 101 cm³/mol. The van der Waals surface area contributed by atoms with Gasteiger partial charge in [-0.3, -0.25) is 10.00 Å². The lowest BCUT2D eigenvalue weighted by molar-refractivity contribution is 0.000765. The lowest BCUT2D eigenvalue weighted by atomic mass is 9.93. The van der Waals surface area contributed by atoms with Gasteiger partial charge in [-0.05, 0) is 69.3 Å². The Bertz CT molecular complexity index is 692. The first kappa shape index (κ1) is 17.8. The van der Waals surface area contributed by atoms with Crippen LogP contribution in [0.3, 0.4) is 0 Å². The highest BCUT2D eigenvalue weighted by atomic mass is 16.5. The largest absolute Gasteiger partial charge is 0.462 e. The fraction of sp³-hybridized carbons (Fsp3) is 0.667. The molecule has 2 aromatic rings. The van der Waals surface area contributed by atoms with Gasteiger partial charge in [0.15, 0.2) is 0 Å². The Morgan fingerprint density at radius 1 is 1.19 bits per heavy atom. The molecule has 2 aromatic heterocycles. The van der Waals surface area contributed by atoms with Crippen molar-refractivity contribution in [3.05, 3.63) is 41.1 Å². The second-order valence-corrected chi connectivity index (χ2v) is 8.11. The highest BCUT2D eigenvalue weighted by Gasteiger charge is 2.24. The summed E-state index contributed by atoms with van der Waals surface area (Å²) in [5.74, 6) is 3.17. The summed E-state index contributed by atoms with van der Waals surface area (Å²) < 4.78 is 11.9. The van der Waals surface area contributed by atoms with Crippen molar-refractivity contribution in [1.82, 2.24) is 15.1 Å². The Labute approximate surface area is 156 Å². The van der Waals surface area contributed by atoms with E-state index in [0.717, 1.165) is 44.2 Å². The third kappa shape index (κ3) is 4.04. The average molecular weight is 357 g/mol. The van der Waals surface area contributed by atoms with E-state index in [1.807, 2.05) is 0 Å². The third-order valence-electron chi connectivity index (χ3n) is 5.80. The van der Waals surface area contributed by atoms with Gasteiger partial charge in [0.05, 0.1) is 12.2 Å². The van der Waals surface area contributed by atoms with Crippen molar-refractivity contribution in [3.63, 3.8) is 0 Å². The van der Waals surface area contributed by atoms with Crippen molar-refractivity contribution in [2.75, 3.05) is 19.7 Å². The Hall–Kier alpha value is -1.59. The molecule has 0 amide bonds. The first-order chi connectivity index (χ1) is 12.7. The van der Waals surface area contributed by atoms with E-state index in [-0.39, 0.29) is 6.10 Å². The zero-order valence-electron chi connectivity index (χ0n) is 16.0. The molecule has 0 aromatic carbocycles. The van der Waals surface area contributed by atoms with Gasteiger partial charge >= 0.3 is 0 Å². The lowest BCUT2D eigenvalue weighted by Gasteiger charge is -2.30. The smallest absolute Gasteiger partial charge is 0.133 e. The molecule has 0 aliphatic carbocycles. The van der Waals surface area contributed by atoms with Gasteiger partial charge in [0.25, 0.3) is 0 Å². The lowest BCUT2D eigenvalue weighted by Crippen LogP contribution is -2.32. The van der Waals surface area contributed by atoms with Gasteiger partial charge in [0.1, 0.15) is 17.6 Å². The molecule has 0 spiro atoms. The molecule has 142 valence electrons. The number of nitrogens with zero attached hydrogens (tertiary/aromatic N) is 2. The highest BCUT2D eigenvalue weighted by Crippen LogP contribution is 2.31. The van der Waals surface area contributed by atoms with Crippen molar-refractivity contribution in [1.29, 1.82) is 0 Å². The Morgan fingerprint density at radius 2 is 2.04 bits per heavy atom. The van der Waals surface area contributed by atoms with Crippen LogP contribution >= 0.6 is 0 Å². The van der Waals surface area contributed by atoms with Crippen LogP contribution in [0, 0.1) is 0 Å². The number of ether oxygens (including phenoxy) is 1. The van der Waals surface area contributed by atoms with Crippen molar-refractivity contribution >= 4 is 0 Å². The molecule has 2 saturated heterocycles. The maximum Gasteiger partial charge on any atom is 0.133 e. The van der Waals surface area contributed by atoms with Crippen LogP contribution in [0.25, 0.3) is 0 Å². The number of nitrogens with one attached hydrogen (secondary N) is 1. The normalized spacial score (nSPS) is 23.0. The average Bonchev–Trinajstić information content (AvgIpc) is 3.33. The summed E-state index contributed by atoms with van der Waals surface area (Å²) in [6, 6.07) is 6.49. The fourth-order valence-electron chi connectivity index (χ4n) is 4.10. The second-order valence-electron chi connectivity index (χ2n) is 8.11. The Balaban J connectivity index is 1.29. The van der Waals surface area contributed by atoms with E-state index < -0.39 is 0 Å². The number of rotatable bonds is 5. The van der Waals surface area contributed by atoms with E-state index in [9.17, 15) is 0 Å². The molecule has 2 aliphatic rings. The summed E-state index contributed by atoms with van der Waals surface area (Å²) in [4.78, 5) is 2.50. The van der Waals surface area contributed by atoms with Crippen LogP contribution in [0.2, 0.25) is 0 Å². The topological polar surface area (TPSA) is 54.3 Å². The minimum absolute atomic E-state index is 0.166. The predicted octanol–water partition coefficient (Wildman–Crippen LogP) is 4.75. The molecule has 26 heavy (non-hydrogen) atoms. The third-order valence-corrected chi connectivity index (χ3v) is 5.80. The van der Waals surface area contributed by atoms with Gasteiger partial charge in [-0.1, -0.05) is 13.8 Å². The molecule has 0 unspecified atom stereocenters. The number of aromatic nitrogens is 2. The zero-order valence-corrected chi connectivity index (χ0v) is 16.0. The maximum absolute atomic E-state index is 6.08. The van der Waals surface area contributed by atoms with Crippen LogP contribution in [0.4, 0.5) is 0 Å². The van der Waals surface area contributed by atoms with Crippen molar-refractivity contribution in [2.24, 2.45) is 0 Å². The van der Waals surface area contributed by atoms with Gasteiger partial charge < -0.3 is 9.15 Å². The van der Waals surface area contributed by atoms with Crippen LogP contribution in [0.5, 0.6) is 0 Å². The minimum Gasteiger partial charge on any atom is -0.462 e. The van der Waals surface area contributed by atoms with Crippen LogP contribution in [-0.4, -0.2) is 34.8 Å². The number of likely N-dealkylation sites (tertiary alicyclic amines) is 1. The van der Waals surface area contributed by atoms with Gasteiger partial charge in [0, 0.05) is 18.2 Å². The number of piperidine rings is 1. The summed E-state index contributed by atoms with van der Waals surface area (Å²) >= 11 is 0. The first-order valence-electron chi connectivity index (χ1n) is 10.2. The van der Waals surface area contributed by atoms with Crippen molar-refractivity contribution in [2.45, 2.75) is 70.4 Å². The SMILES string of the molecule is CC(C)c1cc(C2CCN(Cc3ccc([C@H]4CCCCO4)o3)CC2)[nH]n1.